The van der Waals surface area contributed by atoms with Gasteiger partial charge in [0.2, 0.25) is 5.91 Å². The highest BCUT2D eigenvalue weighted by molar-refractivity contribution is 5.78. The quantitative estimate of drug-likeness (QED) is 0.886. The van der Waals surface area contributed by atoms with Crippen molar-refractivity contribution in [3.8, 4) is 0 Å². The van der Waals surface area contributed by atoms with Crippen molar-refractivity contribution in [3.05, 3.63) is 53.2 Å². The highest BCUT2D eigenvalue weighted by Gasteiger charge is 2.17. The summed E-state index contributed by atoms with van der Waals surface area (Å²) in [7, 11) is 0. The van der Waals surface area contributed by atoms with Crippen LogP contribution in [0.25, 0.3) is 0 Å². The van der Waals surface area contributed by atoms with Gasteiger partial charge in [0.25, 0.3) is 0 Å². The molecule has 5 nitrogen and oxygen atoms in total. The lowest BCUT2D eigenvalue weighted by Crippen LogP contribution is -2.30. The van der Waals surface area contributed by atoms with E-state index in [-0.39, 0.29) is 18.1 Å². The predicted molar refractivity (Wildman–Crippen MR) is 81.3 cm³/mol. The number of ether oxygens (including phenoxy) is 1. The van der Waals surface area contributed by atoms with Gasteiger partial charge in [-0.3, -0.25) is 4.79 Å². The molecule has 0 spiro atoms. The third-order valence-corrected chi connectivity index (χ3v) is 3.85. The number of nitrogens with one attached hydrogen (secondary N) is 1. The van der Waals surface area contributed by atoms with Crippen LogP contribution in [-0.2, 0) is 22.4 Å². The van der Waals surface area contributed by atoms with Crippen LogP contribution in [0, 0.1) is 11.7 Å². The van der Waals surface area contributed by atoms with Crippen LogP contribution >= 0.6 is 0 Å². The van der Waals surface area contributed by atoms with Gasteiger partial charge in [-0.25, -0.2) is 4.39 Å². The number of carbonyl (C=O) groups is 1. The van der Waals surface area contributed by atoms with Gasteiger partial charge in [-0.15, -0.1) is 0 Å². The number of benzene rings is 1. The second-order valence-corrected chi connectivity index (χ2v) is 5.80. The van der Waals surface area contributed by atoms with Gasteiger partial charge in [0.05, 0.1) is 18.7 Å². The smallest absolute Gasteiger partial charge is 0.226 e. The average Bonchev–Trinajstić information content (AvgIpc) is 3.20. The molecule has 6 heteroatoms. The van der Waals surface area contributed by atoms with Crippen molar-refractivity contribution < 1.29 is 18.4 Å². The molecule has 1 amide bonds. The molecule has 1 aliphatic rings. The standard InChI is InChI=1S/C17H19FN2O3/c18-14-3-1-12(2-4-14)7-16-8-15(20-23-16)9-17(21)19-10-13-5-6-22-11-13/h1-4,8,13H,5-7,9-11H2,(H,19,21). The first-order valence-electron chi connectivity index (χ1n) is 7.72. The summed E-state index contributed by atoms with van der Waals surface area (Å²) in [6.07, 6.45) is 1.71. The molecule has 23 heavy (non-hydrogen) atoms. The molecule has 2 aromatic rings. The molecule has 0 radical (unpaired) electrons. The minimum atomic E-state index is -0.267. The van der Waals surface area contributed by atoms with Crippen LogP contribution in [-0.4, -0.2) is 30.8 Å². The second kappa shape index (κ2) is 7.37. The monoisotopic (exact) mass is 318 g/mol. The first-order chi connectivity index (χ1) is 11.2. The van der Waals surface area contributed by atoms with Crippen molar-refractivity contribution in [2.24, 2.45) is 5.92 Å². The molecule has 1 unspecified atom stereocenters. The topological polar surface area (TPSA) is 64.4 Å². The molecule has 0 saturated carbocycles. The maximum Gasteiger partial charge on any atom is 0.226 e. The SMILES string of the molecule is O=C(Cc1cc(Cc2ccc(F)cc2)on1)NCC1CCOC1. The summed E-state index contributed by atoms with van der Waals surface area (Å²) in [6.45, 7) is 2.13. The molecular formula is C17H19FN2O3. The highest BCUT2D eigenvalue weighted by Crippen LogP contribution is 2.13. The van der Waals surface area contributed by atoms with Gasteiger partial charge in [-0.2, -0.15) is 0 Å². The lowest BCUT2D eigenvalue weighted by Gasteiger charge is -2.08. The van der Waals surface area contributed by atoms with Gasteiger partial charge in [0, 0.05) is 31.6 Å². The van der Waals surface area contributed by atoms with E-state index in [1.807, 2.05) is 0 Å². The number of hydrogen-bond donors (Lipinski definition) is 1. The summed E-state index contributed by atoms with van der Waals surface area (Å²) in [5.41, 5.74) is 1.53. The van der Waals surface area contributed by atoms with Gasteiger partial charge in [0.1, 0.15) is 11.6 Å². The number of rotatable bonds is 6. The normalized spacial score (nSPS) is 17.3. The lowest BCUT2D eigenvalue weighted by atomic mass is 10.1. The van der Waals surface area contributed by atoms with Gasteiger partial charge in [-0.05, 0) is 24.1 Å². The maximum absolute atomic E-state index is 12.9. The molecule has 1 aliphatic heterocycles. The van der Waals surface area contributed by atoms with Gasteiger partial charge in [0.15, 0.2) is 0 Å². The Morgan fingerprint density at radius 1 is 1.35 bits per heavy atom. The van der Waals surface area contributed by atoms with Crippen LogP contribution < -0.4 is 5.32 Å². The summed E-state index contributed by atoms with van der Waals surface area (Å²) in [5.74, 6) is 0.726. The van der Waals surface area contributed by atoms with Crippen LogP contribution in [0.2, 0.25) is 0 Å². The molecule has 122 valence electrons. The maximum atomic E-state index is 12.9. The summed E-state index contributed by atoms with van der Waals surface area (Å²) < 4.78 is 23.4. The Kier molecular flexibility index (Phi) is 5.02. The van der Waals surface area contributed by atoms with Crippen molar-refractivity contribution in [2.45, 2.75) is 19.3 Å². The molecular weight excluding hydrogens is 299 g/mol. The molecule has 3 rings (SSSR count). The number of aromatic nitrogens is 1. The zero-order chi connectivity index (χ0) is 16.1. The predicted octanol–water partition coefficient (Wildman–Crippen LogP) is 2.10. The summed E-state index contributed by atoms with van der Waals surface area (Å²) in [6, 6.07) is 7.99. The fraction of sp³-hybridized carbons (Fsp3) is 0.412. The minimum Gasteiger partial charge on any atom is -0.381 e. The Morgan fingerprint density at radius 2 is 2.17 bits per heavy atom. The lowest BCUT2D eigenvalue weighted by molar-refractivity contribution is -0.120. The van der Waals surface area contributed by atoms with E-state index in [0.29, 0.717) is 36.9 Å². The fourth-order valence-electron chi connectivity index (χ4n) is 2.56. The molecule has 1 atom stereocenters. The first kappa shape index (κ1) is 15.7. The number of amides is 1. The molecule has 1 fully saturated rings. The van der Waals surface area contributed by atoms with Crippen molar-refractivity contribution in [1.29, 1.82) is 0 Å². The van der Waals surface area contributed by atoms with Gasteiger partial charge >= 0.3 is 0 Å². The highest BCUT2D eigenvalue weighted by atomic mass is 19.1. The molecule has 0 aliphatic carbocycles. The molecule has 1 saturated heterocycles. The Morgan fingerprint density at radius 3 is 2.91 bits per heavy atom. The van der Waals surface area contributed by atoms with E-state index in [9.17, 15) is 9.18 Å². The zero-order valence-electron chi connectivity index (χ0n) is 12.8. The summed E-state index contributed by atoms with van der Waals surface area (Å²) in [4.78, 5) is 11.9. The Hall–Kier alpha value is -2.21. The Bertz CT molecular complexity index is 648. The van der Waals surface area contributed by atoms with Crippen molar-refractivity contribution in [1.82, 2.24) is 10.5 Å². The van der Waals surface area contributed by atoms with Gasteiger partial charge < -0.3 is 14.6 Å². The fourth-order valence-corrected chi connectivity index (χ4v) is 2.56. The first-order valence-corrected chi connectivity index (χ1v) is 7.72. The Balaban J connectivity index is 1.48. The van der Waals surface area contributed by atoms with E-state index in [2.05, 4.69) is 10.5 Å². The van der Waals surface area contributed by atoms with Crippen LogP contribution in [0.3, 0.4) is 0 Å². The Labute approximate surface area is 133 Å². The molecule has 1 N–H and O–H groups in total. The number of halogens is 1. The van der Waals surface area contributed by atoms with E-state index in [1.54, 1.807) is 18.2 Å². The van der Waals surface area contributed by atoms with Crippen LogP contribution in [0.5, 0.6) is 0 Å². The summed E-state index contributed by atoms with van der Waals surface area (Å²) in [5, 5.41) is 6.81. The molecule has 1 aromatic heterocycles. The van der Waals surface area contributed by atoms with E-state index in [0.717, 1.165) is 18.6 Å². The number of nitrogens with zero attached hydrogens (tertiary/aromatic N) is 1. The van der Waals surface area contributed by atoms with Crippen molar-refractivity contribution in [3.63, 3.8) is 0 Å². The zero-order valence-corrected chi connectivity index (χ0v) is 12.8. The largest absolute Gasteiger partial charge is 0.381 e. The van der Waals surface area contributed by atoms with E-state index in [4.69, 9.17) is 9.26 Å². The van der Waals surface area contributed by atoms with E-state index >= 15 is 0 Å². The van der Waals surface area contributed by atoms with E-state index in [1.165, 1.54) is 12.1 Å². The number of carbonyl (C=O) groups excluding carboxylic acids is 1. The molecule has 1 aromatic carbocycles. The molecule has 2 heterocycles. The number of hydrogen-bond acceptors (Lipinski definition) is 4. The summed E-state index contributed by atoms with van der Waals surface area (Å²) >= 11 is 0. The third-order valence-electron chi connectivity index (χ3n) is 3.85. The van der Waals surface area contributed by atoms with E-state index < -0.39 is 0 Å². The average molecular weight is 318 g/mol. The second-order valence-electron chi connectivity index (χ2n) is 5.80. The minimum absolute atomic E-state index is 0.0708. The van der Waals surface area contributed by atoms with Crippen molar-refractivity contribution >= 4 is 5.91 Å². The third kappa shape index (κ3) is 4.63. The van der Waals surface area contributed by atoms with Crippen molar-refractivity contribution in [2.75, 3.05) is 19.8 Å². The van der Waals surface area contributed by atoms with Crippen LogP contribution in [0.15, 0.2) is 34.9 Å². The van der Waals surface area contributed by atoms with Gasteiger partial charge in [-0.1, -0.05) is 17.3 Å². The van der Waals surface area contributed by atoms with Crippen LogP contribution in [0.1, 0.15) is 23.4 Å². The molecule has 0 bridgehead atoms. The van der Waals surface area contributed by atoms with Crippen LogP contribution in [0.4, 0.5) is 4.39 Å².